The molecule has 3 N–H and O–H groups in total. The zero-order valence-electron chi connectivity index (χ0n) is 21.3. The van der Waals surface area contributed by atoms with Crippen LogP contribution in [0.1, 0.15) is 25.8 Å². The van der Waals surface area contributed by atoms with Gasteiger partial charge in [0, 0.05) is 42.2 Å². The number of allylic oxidation sites excluding steroid dienone is 4. The van der Waals surface area contributed by atoms with Crippen molar-refractivity contribution in [2.75, 3.05) is 23.7 Å². The maximum absolute atomic E-state index is 14.2. The van der Waals surface area contributed by atoms with E-state index in [1.165, 1.54) is 6.20 Å². The Kier molecular flexibility index (Phi) is 6.22. The average Bonchev–Trinajstić information content (AvgIpc) is 2.87. The lowest BCUT2D eigenvalue weighted by Gasteiger charge is -2.40. The molecule has 0 saturated carbocycles. The van der Waals surface area contributed by atoms with E-state index in [4.69, 9.17) is 9.97 Å². The molecule has 5 heterocycles. The van der Waals surface area contributed by atoms with Gasteiger partial charge in [-0.3, -0.25) is 4.98 Å². The molecule has 0 spiro atoms. The third-order valence-electron chi connectivity index (χ3n) is 7.06. The topological polar surface area (TPSA) is 101 Å². The lowest BCUT2D eigenvalue weighted by molar-refractivity contribution is 0.236. The molecule has 0 aromatic carbocycles. The summed E-state index contributed by atoms with van der Waals surface area (Å²) in [6, 6.07) is 3.80. The molecule has 1 aliphatic carbocycles. The van der Waals surface area contributed by atoms with E-state index in [-0.39, 0.29) is 17.3 Å². The first-order valence-electron chi connectivity index (χ1n) is 12.6. The number of piperidine rings is 1. The molecule has 0 unspecified atom stereocenters. The molecule has 4 aromatic rings. The van der Waals surface area contributed by atoms with E-state index >= 15 is 0 Å². The van der Waals surface area contributed by atoms with Crippen LogP contribution in [-0.2, 0) is 0 Å². The molecule has 0 radical (unpaired) electrons. The molecule has 11 heteroatoms. The van der Waals surface area contributed by atoms with Crippen molar-refractivity contribution in [3.63, 3.8) is 0 Å². The minimum absolute atomic E-state index is 0.0242. The van der Waals surface area contributed by atoms with Crippen molar-refractivity contribution in [2.45, 2.75) is 26.3 Å². The minimum atomic E-state index is -1.35. The van der Waals surface area contributed by atoms with Crippen molar-refractivity contribution in [1.82, 2.24) is 30.2 Å². The highest BCUT2D eigenvalue weighted by Gasteiger charge is 2.33. The number of rotatable bonds is 6. The van der Waals surface area contributed by atoms with Gasteiger partial charge in [-0.15, -0.1) is 0 Å². The van der Waals surface area contributed by atoms with Crippen LogP contribution in [0.25, 0.3) is 27.9 Å². The standard InChI is InChI=1S/C28H25F3N8/c1-28(2)14-32-8-7-20(28)36-26-23-17(15-4-3-5-15)12-33-13-19(23)35-25(39-26)16-6-9-34-22(10-16)38-27-24(31)18(29)11-21(30)37-27/h3-6,9-13,20,32H,7-8,14H2,1-2H3,(H,34,37,38)(H,35,36,39)/t20-/m0/s1. The van der Waals surface area contributed by atoms with E-state index in [0.717, 1.165) is 36.0 Å². The van der Waals surface area contributed by atoms with E-state index in [9.17, 15) is 13.2 Å². The predicted molar refractivity (Wildman–Crippen MR) is 144 cm³/mol. The van der Waals surface area contributed by atoms with E-state index in [0.29, 0.717) is 28.8 Å². The van der Waals surface area contributed by atoms with Crippen LogP contribution in [0.5, 0.6) is 0 Å². The van der Waals surface area contributed by atoms with Crippen LogP contribution >= 0.6 is 0 Å². The number of anilines is 3. The number of aromatic nitrogens is 5. The van der Waals surface area contributed by atoms with Gasteiger partial charge >= 0.3 is 0 Å². The summed E-state index contributed by atoms with van der Waals surface area (Å²) < 4.78 is 41.5. The molecule has 0 amide bonds. The molecule has 198 valence electrons. The first-order chi connectivity index (χ1) is 18.8. The van der Waals surface area contributed by atoms with Crippen molar-refractivity contribution in [3.05, 3.63) is 78.2 Å². The molecule has 4 aromatic heterocycles. The maximum atomic E-state index is 14.2. The predicted octanol–water partition coefficient (Wildman–Crippen LogP) is 5.40. The van der Waals surface area contributed by atoms with Crippen LogP contribution < -0.4 is 16.0 Å². The lowest BCUT2D eigenvalue weighted by atomic mass is 9.80. The summed E-state index contributed by atoms with van der Waals surface area (Å²) in [7, 11) is 0. The van der Waals surface area contributed by atoms with Crippen LogP contribution in [0.3, 0.4) is 0 Å². The van der Waals surface area contributed by atoms with Crippen LogP contribution in [0.2, 0.25) is 0 Å². The Hall–Kier alpha value is -4.38. The molecule has 1 atom stereocenters. The molecule has 2 aliphatic rings. The van der Waals surface area contributed by atoms with Crippen LogP contribution in [-0.4, -0.2) is 44.1 Å². The van der Waals surface area contributed by atoms with Crippen molar-refractivity contribution in [3.8, 4) is 11.4 Å². The fourth-order valence-corrected chi connectivity index (χ4v) is 4.82. The smallest absolute Gasteiger partial charge is 0.217 e. The van der Waals surface area contributed by atoms with Crippen molar-refractivity contribution in [1.29, 1.82) is 0 Å². The number of nitrogens with zero attached hydrogens (tertiary/aromatic N) is 5. The average molecular weight is 531 g/mol. The van der Waals surface area contributed by atoms with Crippen molar-refractivity contribution < 1.29 is 13.2 Å². The molecule has 1 fully saturated rings. The van der Waals surface area contributed by atoms with Gasteiger partial charge in [0.25, 0.3) is 0 Å². The monoisotopic (exact) mass is 530 g/mol. The SMILES string of the molecule is CC1(C)CNCC[C@@H]1Nc1nc(-c2ccnc(Nc3nc(F)cc(F)c3F)c2)nc2cncc(C3=CC=C3)c12. The highest BCUT2D eigenvalue weighted by Crippen LogP contribution is 2.36. The van der Waals surface area contributed by atoms with E-state index < -0.39 is 23.4 Å². The van der Waals surface area contributed by atoms with Crippen LogP contribution in [0, 0.1) is 23.0 Å². The quantitative estimate of drug-likeness (QED) is 0.285. The molecule has 39 heavy (non-hydrogen) atoms. The highest BCUT2D eigenvalue weighted by molar-refractivity contribution is 6.02. The summed E-state index contributed by atoms with van der Waals surface area (Å²) >= 11 is 0. The van der Waals surface area contributed by atoms with Crippen molar-refractivity contribution in [2.24, 2.45) is 5.41 Å². The fourth-order valence-electron chi connectivity index (χ4n) is 4.82. The van der Waals surface area contributed by atoms with Gasteiger partial charge in [0.05, 0.1) is 17.1 Å². The maximum Gasteiger partial charge on any atom is 0.217 e. The third kappa shape index (κ3) is 4.81. The summed E-state index contributed by atoms with van der Waals surface area (Å²) in [6.07, 6.45) is 11.9. The largest absolute Gasteiger partial charge is 0.366 e. The van der Waals surface area contributed by atoms with Gasteiger partial charge in [-0.2, -0.15) is 13.8 Å². The Labute approximate surface area is 222 Å². The molecule has 1 aliphatic heterocycles. The second-order valence-corrected chi connectivity index (χ2v) is 10.3. The number of hydrogen-bond donors (Lipinski definition) is 3. The number of halogens is 3. The van der Waals surface area contributed by atoms with Gasteiger partial charge in [-0.05, 0) is 36.1 Å². The summed E-state index contributed by atoms with van der Waals surface area (Å²) in [5.41, 5.74) is 3.17. The Morgan fingerprint density at radius 2 is 1.90 bits per heavy atom. The summed E-state index contributed by atoms with van der Waals surface area (Å²) in [5, 5.41) is 10.6. The number of hydrogen-bond acceptors (Lipinski definition) is 8. The Bertz CT molecular complexity index is 1650. The number of fused-ring (bicyclic) bond motifs is 1. The first kappa shape index (κ1) is 24.9. The minimum Gasteiger partial charge on any atom is -0.366 e. The van der Waals surface area contributed by atoms with Gasteiger partial charge in [0.2, 0.25) is 11.8 Å². The van der Waals surface area contributed by atoms with Gasteiger partial charge in [0.15, 0.2) is 17.5 Å². The van der Waals surface area contributed by atoms with Gasteiger partial charge in [-0.25, -0.2) is 19.3 Å². The third-order valence-corrected chi connectivity index (χ3v) is 7.06. The summed E-state index contributed by atoms with van der Waals surface area (Å²) in [5.74, 6) is -3.23. The number of pyridine rings is 3. The fraction of sp³-hybridized carbons (Fsp3) is 0.250. The lowest BCUT2D eigenvalue weighted by Crippen LogP contribution is -2.49. The number of nitrogens with one attached hydrogen (secondary N) is 3. The molecule has 6 rings (SSSR count). The normalized spacial score (nSPS) is 18.0. The van der Waals surface area contributed by atoms with Gasteiger partial charge < -0.3 is 16.0 Å². The van der Waals surface area contributed by atoms with E-state index in [1.54, 1.807) is 18.3 Å². The van der Waals surface area contributed by atoms with Crippen molar-refractivity contribution >= 4 is 33.9 Å². The molecule has 1 saturated heterocycles. The molecular formula is C28H25F3N8. The zero-order valence-corrected chi connectivity index (χ0v) is 21.3. The van der Waals surface area contributed by atoms with Crippen LogP contribution in [0.4, 0.5) is 30.6 Å². The Morgan fingerprint density at radius 3 is 2.67 bits per heavy atom. The highest BCUT2D eigenvalue weighted by atomic mass is 19.2. The molecule has 0 bridgehead atoms. The van der Waals surface area contributed by atoms with Crippen LogP contribution in [0.15, 0.2) is 55.0 Å². The Morgan fingerprint density at radius 1 is 1.05 bits per heavy atom. The van der Waals surface area contributed by atoms with Gasteiger partial charge in [0.1, 0.15) is 11.6 Å². The summed E-state index contributed by atoms with van der Waals surface area (Å²) in [6.45, 7) is 6.19. The van der Waals surface area contributed by atoms with E-state index in [1.807, 2.05) is 24.4 Å². The first-order valence-corrected chi connectivity index (χ1v) is 12.6. The zero-order chi connectivity index (χ0) is 27.1. The van der Waals surface area contributed by atoms with E-state index in [2.05, 4.69) is 44.7 Å². The molecule has 8 nitrogen and oxygen atoms in total. The molecular weight excluding hydrogens is 505 g/mol. The Balaban J connectivity index is 1.43. The second-order valence-electron chi connectivity index (χ2n) is 10.3. The second kappa shape index (κ2) is 9.73. The van der Waals surface area contributed by atoms with Gasteiger partial charge in [-0.1, -0.05) is 32.1 Å². The summed E-state index contributed by atoms with van der Waals surface area (Å²) in [4.78, 5) is 21.7.